The summed E-state index contributed by atoms with van der Waals surface area (Å²) in [7, 11) is 1.55. The van der Waals surface area contributed by atoms with E-state index in [0.717, 1.165) is 5.56 Å². The fourth-order valence-corrected chi connectivity index (χ4v) is 2.93. The van der Waals surface area contributed by atoms with Crippen LogP contribution in [0.1, 0.15) is 34.6 Å². The van der Waals surface area contributed by atoms with Gasteiger partial charge in [-0.3, -0.25) is 4.79 Å². The van der Waals surface area contributed by atoms with Crippen LogP contribution in [0.3, 0.4) is 0 Å². The average molecular weight is 396 g/mol. The second-order valence-electron chi connectivity index (χ2n) is 6.42. The molecule has 0 radical (unpaired) electrons. The van der Waals surface area contributed by atoms with E-state index in [9.17, 15) is 4.79 Å². The van der Waals surface area contributed by atoms with Crippen LogP contribution in [0.15, 0.2) is 48.8 Å². The molecule has 0 aliphatic heterocycles. The highest BCUT2D eigenvalue weighted by Crippen LogP contribution is 2.30. The lowest BCUT2D eigenvalue weighted by Crippen LogP contribution is -2.27. The smallest absolute Gasteiger partial charge is 0.255 e. The van der Waals surface area contributed by atoms with Crippen molar-refractivity contribution in [3.05, 3.63) is 65.6 Å². The summed E-state index contributed by atoms with van der Waals surface area (Å²) in [6.07, 6.45) is 3.22. The summed E-state index contributed by atoms with van der Waals surface area (Å²) in [6.45, 7) is 3.82. The molecule has 0 fully saturated rings. The van der Waals surface area contributed by atoms with Crippen molar-refractivity contribution in [2.24, 2.45) is 0 Å². The number of aromatic nitrogens is 3. The lowest BCUT2D eigenvalue weighted by atomic mass is 10.1. The molecule has 152 valence electrons. The van der Waals surface area contributed by atoms with Gasteiger partial charge in [-0.25, -0.2) is 9.67 Å². The highest BCUT2D eigenvalue weighted by molar-refractivity contribution is 5.95. The van der Waals surface area contributed by atoms with Crippen molar-refractivity contribution in [3.63, 3.8) is 0 Å². The molecule has 3 aromatic rings. The number of methoxy groups -OCH3 is 1. The number of hydrogen-bond donors (Lipinski definition) is 2. The predicted molar refractivity (Wildman–Crippen MR) is 108 cm³/mol. The Morgan fingerprint density at radius 1 is 1.28 bits per heavy atom. The summed E-state index contributed by atoms with van der Waals surface area (Å²) in [5.74, 6) is 1.50. The highest BCUT2D eigenvalue weighted by atomic mass is 16.5. The first kappa shape index (κ1) is 20.3. The topological polar surface area (TPSA) is 98.5 Å². The zero-order chi connectivity index (χ0) is 20.8. The molecule has 0 saturated carbocycles. The molecule has 0 saturated heterocycles. The van der Waals surface area contributed by atoms with Gasteiger partial charge in [-0.05, 0) is 43.7 Å². The van der Waals surface area contributed by atoms with Crippen molar-refractivity contribution in [1.29, 1.82) is 0 Å². The Morgan fingerprint density at radius 3 is 2.79 bits per heavy atom. The molecule has 2 heterocycles. The Labute approximate surface area is 169 Å². The number of amides is 1. The second kappa shape index (κ2) is 9.20. The van der Waals surface area contributed by atoms with Gasteiger partial charge >= 0.3 is 0 Å². The average Bonchev–Trinajstić information content (AvgIpc) is 3.14. The molecule has 1 atom stereocenters. The second-order valence-corrected chi connectivity index (χ2v) is 6.42. The molecule has 3 rings (SSSR count). The van der Waals surface area contributed by atoms with Crippen molar-refractivity contribution in [3.8, 4) is 17.3 Å². The molecule has 0 unspecified atom stereocenters. The van der Waals surface area contributed by atoms with Crippen LogP contribution in [0.2, 0.25) is 0 Å². The van der Waals surface area contributed by atoms with E-state index in [-0.39, 0.29) is 25.2 Å². The molecule has 1 amide bonds. The van der Waals surface area contributed by atoms with Gasteiger partial charge in [0.2, 0.25) is 0 Å². The first-order valence-electron chi connectivity index (χ1n) is 9.23. The number of carbonyl (C=O) groups excluding carboxylic acids is 1. The third kappa shape index (κ3) is 4.55. The van der Waals surface area contributed by atoms with Gasteiger partial charge in [0, 0.05) is 6.20 Å². The maximum Gasteiger partial charge on any atom is 0.255 e. The van der Waals surface area contributed by atoms with E-state index in [0.29, 0.717) is 28.6 Å². The van der Waals surface area contributed by atoms with Crippen LogP contribution in [0.4, 0.5) is 0 Å². The quantitative estimate of drug-likeness (QED) is 0.607. The molecule has 1 aromatic carbocycles. The number of ether oxygens (including phenoxy) is 2. The molecule has 8 heteroatoms. The number of carbonyl (C=O) groups is 1. The number of aliphatic hydroxyl groups is 1. The predicted octanol–water partition coefficient (Wildman–Crippen LogP) is 2.45. The molecular weight excluding hydrogens is 372 g/mol. The van der Waals surface area contributed by atoms with E-state index < -0.39 is 0 Å². The summed E-state index contributed by atoms with van der Waals surface area (Å²) in [5, 5.41) is 16.2. The SMILES string of the molecule is COc1cc([C@@H](C)NC(=O)c2cnn(-c3ccccn3)c2C)ccc1OCCO. The number of nitrogens with one attached hydrogen (secondary N) is 1. The van der Waals surface area contributed by atoms with Crippen LogP contribution in [0, 0.1) is 6.92 Å². The van der Waals surface area contributed by atoms with E-state index in [1.165, 1.54) is 0 Å². The third-order valence-corrected chi connectivity index (χ3v) is 4.50. The normalized spacial score (nSPS) is 11.7. The summed E-state index contributed by atoms with van der Waals surface area (Å²) in [5.41, 5.74) is 2.05. The van der Waals surface area contributed by atoms with Gasteiger partial charge in [0.1, 0.15) is 6.61 Å². The van der Waals surface area contributed by atoms with Crippen molar-refractivity contribution >= 4 is 5.91 Å². The Hall–Kier alpha value is -3.39. The lowest BCUT2D eigenvalue weighted by Gasteiger charge is -2.17. The molecule has 0 spiro atoms. The molecular formula is C21H24N4O4. The fourth-order valence-electron chi connectivity index (χ4n) is 2.93. The molecule has 2 N–H and O–H groups in total. The van der Waals surface area contributed by atoms with Crippen LogP contribution in [-0.4, -0.2) is 46.1 Å². The minimum atomic E-state index is -0.263. The van der Waals surface area contributed by atoms with Crippen molar-refractivity contribution in [2.45, 2.75) is 19.9 Å². The van der Waals surface area contributed by atoms with Crippen LogP contribution in [0.5, 0.6) is 11.5 Å². The minimum Gasteiger partial charge on any atom is -0.493 e. The van der Waals surface area contributed by atoms with Crippen molar-refractivity contribution in [1.82, 2.24) is 20.1 Å². The monoisotopic (exact) mass is 396 g/mol. The summed E-state index contributed by atoms with van der Waals surface area (Å²) < 4.78 is 12.4. The van der Waals surface area contributed by atoms with Gasteiger partial charge in [0.05, 0.1) is 37.2 Å². The van der Waals surface area contributed by atoms with E-state index in [2.05, 4.69) is 15.4 Å². The number of aliphatic hydroxyl groups excluding tert-OH is 1. The number of pyridine rings is 1. The Bertz CT molecular complexity index is 972. The van der Waals surface area contributed by atoms with E-state index in [4.69, 9.17) is 14.6 Å². The Balaban J connectivity index is 1.75. The molecule has 8 nitrogen and oxygen atoms in total. The first-order chi connectivity index (χ1) is 14.0. The largest absolute Gasteiger partial charge is 0.493 e. The van der Waals surface area contributed by atoms with Gasteiger partial charge in [-0.15, -0.1) is 0 Å². The maximum absolute atomic E-state index is 12.8. The number of hydrogen-bond acceptors (Lipinski definition) is 6. The van der Waals surface area contributed by atoms with Crippen LogP contribution >= 0.6 is 0 Å². The molecule has 0 aliphatic rings. The maximum atomic E-state index is 12.8. The first-order valence-corrected chi connectivity index (χ1v) is 9.23. The van der Waals surface area contributed by atoms with Crippen molar-refractivity contribution in [2.75, 3.05) is 20.3 Å². The van der Waals surface area contributed by atoms with Gasteiger partial charge in [0.25, 0.3) is 5.91 Å². The van der Waals surface area contributed by atoms with E-state index in [1.807, 2.05) is 44.2 Å². The molecule has 2 aromatic heterocycles. The van der Waals surface area contributed by atoms with Crippen LogP contribution in [-0.2, 0) is 0 Å². The van der Waals surface area contributed by atoms with Gasteiger partial charge in [-0.2, -0.15) is 5.10 Å². The van der Waals surface area contributed by atoms with Crippen LogP contribution in [0.25, 0.3) is 5.82 Å². The zero-order valence-corrected chi connectivity index (χ0v) is 16.6. The molecule has 29 heavy (non-hydrogen) atoms. The lowest BCUT2D eigenvalue weighted by molar-refractivity contribution is 0.0939. The summed E-state index contributed by atoms with van der Waals surface area (Å²) in [6, 6.07) is 10.7. The molecule has 0 bridgehead atoms. The van der Waals surface area contributed by atoms with Gasteiger partial charge < -0.3 is 19.9 Å². The third-order valence-electron chi connectivity index (χ3n) is 4.50. The highest BCUT2D eigenvalue weighted by Gasteiger charge is 2.19. The number of nitrogens with zero attached hydrogens (tertiary/aromatic N) is 3. The fraction of sp³-hybridized carbons (Fsp3) is 0.286. The number of benzene rings is 1. The number of rotatable bonds is 8. The van der Waals surface area contributed by atoms with E-state index in [1.54, 1.807) is 30.3 Å². The zero-order valence-electron chi connectivity index (χ0n) is 16.6. The standard InChI is InChI=1S/C21H24N4O4/c1-14(16-7-8-18(29-11-10-26)19(12-16)28-3)24-21(27)17-13-23-25(15(17)2)20-6-4-5-9-22-20/h4-9,12-14,26H,10-11H2,1-3H3,(H,24,27)/t14-/m1/s1. The van der Waals surface area contributed by atoms with Gasteiger partial charge in [0.15, 0.2) is 17.3 Å². The van der Waals surface area contributed by atoms with Crippen molar-refractivity contribution < 1.29 is 19.4 Å². The Morgan fingerprint density at radius 2 is 2.10 bits per heavy atom. The Kier molecular flexibility index (Phi) is 6.46. The van der Waals surface area contributed by atoms with Crippen LogP contribution < -0.4 is 14.8 Å². The summed E-state index contributed by atoms with van der Waals surface area (Å²) >= 11 is 0. The van der Waals surface area contributed by atoms with Gasteiger partial charge in [-0.1, -0.05) is 12.1 Å². The van der Waals surface area contributed by atoms with E-state index >= 15 is 0 Å². The minimum absolute atomic E-state index is 0.0805. The summed E-state index contributed by atoms with van der Waals surface area (Å²) in [4.78, 5) is 17.1. The molecule has 0 aliphatic carbocycles.